The molecule has 0 unspecified atom stereocenters. The van der Waals surface area contributed by atoms with Crippen LogP contribution in [0.2, 0.25) is 0 Å². The molecule has 0 aromatic heterocycles. The second-order valence-electron chi connectivity index (χ2n) is 7.33. The number of carbonyl (C=O) groups is 2. The molecule has 1 N–H and O–H groups in total. The quantitative estimate of drug-likeness (QED) is 0.785. The number of rotatable bonds is 6. The van der Waals surface area contributed by atoms with Gasteiger partial charge in [-0.3, -0.25) is 9.59 Å². The summed E-state index contributed by atoms with van der Waals surface area (Å²) in [5, 5.41) is 2.79. The van der Waals surface area contributed by atoms with Gasteiger partial charge < -0.3 is 10.2 Å². The predicted octanol–water partition coefficient (Wildman–Crippen LogP) is 2.49. The molecule has 1 heterocycles. The maximum absolute atomic E-state index is 12.6. The van der Waals surface area contributed by atoms with Gasteiger partial charge in [0.05, 0.1) is 16.9 Å². The molecule has 1 aliphatic rings. The fourth-order valence-corrected chi connectivity index (χ4v) is 4.26. The van der Waals surface area contributed by atoms with Crippen molar-refractivity contribution in [3.63, 3.8) is 0 Å². The Morgan fingerprint density at radius 1 is 1.10 bits per heavy atom. The molecule has 0 spiro atoms. The van der Waals surface area contributed by atoms with Crippen molar-refractivity contribution >= 4 is 27.5 Å². The molecule has 2 aromatic rings. The monoisotopic (exact) mass is 415 g/mol. The van der Waals surface area contributed by atoms with E-state index in [1.807, 2.05) is 37.3 Å². The Balaban J connectivity index is 1.65. The minimum absolute atomic E-state index is 0.0473. The van der Waals surface area contributed by atoms with Gasteiger partial charge in [-0.15, -0.1) is 0 Å². The maximum atomic E-state index is 12.6. The molecule has 0 bridgehead atoms. The average Bonchev–Trinajstić information content (AvgIpc) is 3.10. The molecule has 1 aliphatic heterocycles. The molecule has 2 atom stereocenters. The lowest BCUT2D eigenvalue weighted by Gasteiger charge is -2.25. The van der Waals surface area contributed by atoms with Gasteiger partial charge in [-0.05, 0) is 36.8 Å². The third-order valence-corrected chi connectivity index (χ3v) is 7.01. The van der Waals surface area contributed by atoms with Crippen LogP contribution in [-0.4, -0.2) is 50.1 Å². The summed E-state index contributed by atoms with van der Waals surface area (Å²) in [6, 6.07) is 15.6. The Kier molecular flexibility index (Phi) is 6.04. The third kappa shape index (κ3) is 4.49. The van der Waals surface area contributed by atoms with Crippen LogP contribution in [0.3, 0.4) is 0 Å². The molecule has 1 saturated heterocycles. The number of nitrogens with zero attached hydrogens (tertiary/aromatic N) is 2. The Morgan fingerprint density at radius 2 is 1.72 bits per heavy atom. The van der Waals surface area contributed by atoms with E-state index in [-0.39, 0.29) is 29.2 Å². The van der Waals surface area contributed by atoms with E-state index in [1.165, 1.54) is 26.2 Å². The molecule has 2 aromatic carbocycles. The van der Waals surface area contributed by atoms with Crippen LogP contribution in [0.15, 0.2) is 59.5 Å². The van der Waals surface area contributed by atoms with E-state index >= 15 is 0 Å². The first kappa shape index (κ1) is 21.0. The van der Waals surface area contributed by atoms with E-state index in [1.54, 1.807) is 17.0 Å². The molecule has 2 amide bonds. The Labute approximate surface area is 171 Å². The Bertz CT molecular complexity index is 988. The van der Waals surface area contributed by atoms with Crippen LogP contribution in [0.4, 0.5) is 5.69 Å². The summed E-state index contributed by atoms with van der Waals surface area (Å²) in [6.45, 7) is 2.31. The van der Waals surface area contributed by atoms with Crippen molar-refractivity contribution in [2.24, 2.45) is 5.92 Å². The SMILES string of the molecule is C[C@H](c1ccccc1)N1C[C@@H](C(=O)Nc2ccc(S(=O)(=O)N(C)C)cc2)CC1=O. The molecule has 3 rings (SSSR count). The van der Waals surface area contributed by atoms with Gasteiger partial charge >= 0.3 is 0 Å². The molecule has 7 nitrogen and oxygen atoms in total. The molecular weight excluding hydrogens is 390 g/mol. The number of amides is 2. The molecule has 0 saturated carbocycles. The van der Waals surface area contributed by atoms with Gasteiger partial charge in [0, 0.05) is 32.7 Å². The van der Waals surface area contributed by atoms with Gasteiger partial charge in [0.1, 0.15) is 0 Å². The number of nitrogens with one attached hydrogen (secondary N) is 1. The van der Waals surface area contributed by atoms with Crippen molar-refractivity contribution in [3.8, 4) is 0 Å². The van der Waals surface area contributed by atoms with Crippen LogP contribution in [0.1, 0.15) is 24.9 Å². The van der Waals surface area contributed by atoms with E-state index in [2.05, 4.69) is 5.32 Å². The number of sulfonamides is 1. The van der Waals surface area contributed by atoms with Crippen LogP contribution in [-0.2, 0) is 19.6 Å². The second-order valence-corrected chi connectivity index (χ2v) is 9.49. The van der Waals surface area contributed by atoms with Crippen molar-refractivity contribution in [2.45, 2.75) is 24.3 Å². The van der Waals surface area contributed by atoms with Gasteiger partial charge in [-0.2, -0.15) is 0 Å². The van der Waals surface area contributed by atoms with Crippen LogP contribution in [0, 0.1) is 5.92 Å². The highest BCUT2D eigenvalue weighted by Crippen LogP contribution is 2.29. The Morgan fingerprint density at radius 3 is 2.31 bits per heavy atom. The number of benzene rings is 2. The van der Waals surface area contributed by atoms with Crippen LogP contribution in [0.5, 0.6) is 0 Å². The zero-order chi connectivity index (χ0) is 21.2. The molecule has 0 aliphatic carbocycles. The fraction of sp³-hybridized carbons (Fsp3) is 0.333. The summed E-state index contributed by atoms with van der Waals surface area (Å²) in [6.07, 6.45) is 0.163. The summed E-state index contributed by atoms with van der Waals surface area (Å²) in [5.41, 5.74) is 1.52. The average molecular weight is 416 g/mol. The van der Waals surface area contributed by atoms with Gasteiger partial charge in [0.15, 0.2) is 0 Å². The lowest BCUT2D eigenvalue weighted by Crippen LogP contribution is -2.30. The molecule has 29 heavy (non-hydrogen) atoms. The van der Waals surface area contributed by atoms with Gasteiger partial charge in [-0.1, -0.05) is 30.3 Å². The van der Waals surface area contributed by atoms with E-state index in [4.69, 9.17) is 0 Å². The number of carbonyl (C=O) groups excluding carboxylic acids is 2. The zero-order valence-corrected chi connectivity index (χ0v) is 17.5. The van der Waals surface area contributed by atoms with E-state index < -0.39 is 15.9 Å². The second kappa shape index (κ2) is 8.34. The van der Waals surface area contributed by atoms with Crippen molar-refractivity contribution < 1.29 is 18.0 Å². The normalized spacial score (nSPS) is 18.1. The first-order chi connectivity index (χ1) is 13.7. The van der Waals surface area contributed by atoms with Crippen molar-refractivity contribution in [3.05, 3.63) is 60.2 Å². The minimum Gasteiger partial charge on any atom is -0.335 e. The standard InChI is InChI=1S/C21H25N3O4S/c1-15(16-7-5-4-6-8-16)24-14-17(13-20(24)25)21(26)22-18-9-11-19(12-10-18)29(27,28)23(2)3/h4-12,15,17H,13-14H2,1-3H3,(H,22,26)/t15-,17+/m1/s1. The first-order valence-corrected chi connectivity index (χ1v) is 10.8. The largest absolute Gasteiger partial charge is 0.335 e. The van der Waals surface area contributed by atoms with Gasteiger partial charge in [0.2, 0.25) is 21.8 Å². The highest BCUT2D eigenvalue weighted by molar-refractivity contribution is 7.89. The van der Waals surface area contributed by atoms with E-state index in [9.17, 15) is 18.0 Å². The molecule has 1 fully saturated rings. The van der Waals surface area contributed by atoms with Crippen molar-refractivity contribution in [1.29, 1.82) is 0 Å². The summed E-state index contributed by atoms with van der Waals surface area (Å²) in [4.78, 5) is 27.0. The fourth-order valence-electron chi connectivity index (χ4n) is 3.36. The number of likely N-dealkylation sites (tertiary alicyclic amines) is 1. The van der Waals surface area contributed by atoms with E-state index in [0.29, 0.717) is 12.2 Å². The lowest BCUT2D eigenvalue weighted by molar-refractivity contribution is -0.129. The van der Waals surface area contributed by atoms with E-state index in [0.717, 1.165) is 9.87 Å². The van der Waals surface area contributed by atoms with Crippen LogP contribution in [0.25, 0.3) is 0 Å². The third-order valence-electron chi connectivity index (χ3n) is 5.18. The lowest BCUT2D eigenvalue weighted by atomic mass is 10.1. The highest BCUT2D eigenvalue weighted by atomic mass is 32.2. The molecule has 154 valence electrons. The first-order valence-electron chi connectivity index (χ1n) is 9.38. The van der Waals surface area contributed by atoms with Gasteiger partial charge in [0.25, 0.3) is 0 Å². The highest BCUT2D eigenvalue weighted by Gasteiger charge is 2.37. The van der Waals surface area contributed by atoms with Crippen LogP contribution >= 0.6 is 0 Å². The Hall–Kier alpha value is -2.71. The predicted molar refractivity (Wildman–Crippen MR) is 111 cm³/mol. The molecular formula is C21H25N3O4S. The molecule has 0 radical (unpaired) electrons. The number of hydrogen-bond donors (Lipinski definition) is 1. The number of hydrogen-bond acceptors (Lipinski definition) is 4. The topological polar surface area (TPSA) is 86.8 Å². The smallest absolute Gasteiger partial charge is 0.242 e. The maximum Gasteiger partial charge on any atom is 0.242 e. The van der Waals surface area contributed by atoms with Crippen LogP contribution < -0.4 is 5.32 Å². The van der Waals surface area contributed by atoms with Crippen molar-refractivity contribution in [1.82, 2.24) is 9.21 Å². The number of anilines is 1. The summed E-state index contributed by atoms with van der Waals surface area (Å²) >= 11 is 0. The summed E-state index contributed by atoms with van der Waals surface area (Å²) in [5.74, 6) is -0.739. The minimum atomic E-state index is -3.52. The summed E-state index contributed by atoms with van der Waals surface area (Å²) in [7, 11) is -0.594. The van der Waals surface area contributed by atoms with Crippen molar-refractivity contribution in [2.75, 3.05) is 26.0 Å². The zero-order valence-electron chi connectivity index (χ0n) is 16.7. The summed E-state index contributed by atoms with van der Waals surface area (Å²) < 4.78 is 25.4. The van der Waals surface area contributed by atoms with Gasteiger partial charge in [-0.25, -0.2) is 12.7 Å². The molecule has 8 heteroatoms.